The number of hydrogen-bond donors (Lipinski definition) is 1. The topological polar surface area (TPSA) is 41.3 Å². The van der Waals surface area contributed by atoms with E-state index in [-0.39, 0.29) is 0 Å². The Labute approximate surface area is 118 Å². The molecule has 104 valence electrons. The molecule has 0 amide bonds. The van der Waals surface area contributed by atoms with Crippen molar-refractivity contribution in [1.29, 1.82) is 0 Å². The normalized spacial score (nSPS) is 11.3. The molecule has 5 heteroatoms. The van der Waals surface area contributed by atoms with Crippen LogP contribution in [0.15, 0.2) is 28.2 Å². The summed E-state index contributed by atoms with van der Waals surface area (Å²) in [6, 6.07) is 3.92. The summed E-state index contributed by atoms with van der Waals surface area (Å²) in [7, 11) is 2.08. The number of thiazole rings is 1. The standard InChI is InChI=1S/C14H21N3OS/c1-3-6-15-8-14-16-12(11-19-14)9-17(2)10-13-5-4-7-18-13/h4-5,7,11,15H,3,6,8-10H2,1-2H3. The molecule has 0 saturated carbocycles. The third kappa shape index (κ3) is 4.78. The Morgan fingerprint density at radius 3 is 3.05 bits per heavy atom. The minimum atomic E-state index is 0.813. The number of nitrogens with one attached hydrogen (secondary N) is 1. The van der Waals surface area contributed by atoms with Gasteiger partial charge >= 0.3 is 0 Å². The minimum absolute atomic E-state index is 0.813. The van der Waals surface area contributed by atoms with E-state index in [1.54, 1.807) is 17.6 Å². The van der Waals surface area contributed by atoms with Gasteiger partial charge in [0.15, 0.2) is 0 Å². The van der Waals surface area contributed by atoms with E-state index >= 15 is 0 Å². The summed E-state index contributed by atoms with van der Waals surface area (Å²) >= 11 is 1.73. The largest absolute Gasteiger partial charge is 0.468 e. The number of aromatic nitrogens is 1. The lowest BCUT2D eigenvalue weighted by atomic mass is 10.4. The van der Waals surface area contributed by atoms with Gasteiger partial charge in [-0.25, -0.2) is 4.98 Å². The number of nitrogens with zero attached hydrogens (tertiary/aromatic N) is 2. The van der Waals surface area contributed by atoms with Crippen molar-refractivity contribution in [1.82, 2.24) is 15.2 Å². The van der Waals surface area contributed by atoms with Crippen molar-refractivity contribution < 1.29 is 4.42 Å². The molecule has 4 nitrogen and oxygen atoms in total. The molecule has 0 atom stereocenters. The van der Waals surface area contributed by atoms with Gasteiger partial charge in [-0.1, -0.05) is 6.92 Å². The molecular weight excluding hydrogens is 258 g/mol. The second-order valence-electron chi connectivity index (χ2n) is 4.66. The predicted octanol–water partition coefficient (Wildman–Crippen LogP) is 2.87. The lowest BCUT2D eigenvalue weighted by Crippen LogP contribution is -2.17. The summed E-state index contributed by atoms with van der Waals surface area (Å²) < 4.78 is 5.34. The third-order valence-electron chi connectivity index (χ3n) is 2.74. The quantitative estimate of drug-likeness (QED) is 0.754. The molecule has 19 heavy (non-hydrogen) atoms. The van der Waals surface area contributed by atoms with Gasteiger partial charge in [0.25, 0.3) is 0 Å². The minimum Gasteiger partial charge on any atom is -0.468 e. The Kier molecular flexibility index (Phi) is 5.57. The Morgan fingerprint density at radius 2 is 2.32 bits per heavy atom. The first-order valence-corrected chi connectivity index (χ1v) is 7.51. The molecular formula is C14H21N3OS. The van der Waals surface area contributed by atoms with Gasteiger partial charge in [-0.2, -0.15) is 0 Å². The van der Waals surface area contributed by atoms with Crippen LogP contribution in [0.3, 0.4) is 0 Å². The highest BCUT2D eigenvalue weighted by atomic mass is 32.1. The van der Waals surface area contributed by atoms with Crippen molar-refractivity contribution in [2.75, 3.05) is 13.6 Å². The molecule has 0 radical (unpaired) electrons. The van der Waals surface area contributed by atoms with Crippen LogP contribution in [-0.2, 0) is 19.6 Å². The molecule has 0 aliphatic heterocycles. The molecule has 0 bridgehead atoms. The molecule has 1 N–H and O–H groups in total. The maximum Gasteiger partial charge on any atom is 0.117 e. The fourth-order valence-corrected chi connectivity index (χ4v) is 2.63. The van der Waals surface area contributed by atoms with E-state index in [9.17, 15) is 0 Å². The molecule has 0 aliphatic carbocycles. The van der Waals surface area contributed by atoms with E-state index in [1.807, 2.05) is 12.1 Å². The van der Waals surface area contributed by atoms with E-state index in [4.69, 9.17) is 4.42 Å². The molecule has 2 aromatic heterocycles. The van der Waals surface area contributed by atoms with Crippen LogP contribution in [0.5, 0.6) is 0 Å². The maximum absolute atomic E-state index is 5.34. The molecule has 0 saturated heterocycles. The fraction of sp³-hybridized carbons (Fsp3) is 0.500. The fourth-order valence-electron chi connectivity index (χ4n) is 1.88. The molecule has 2 aromatic rings. The highest BCUT2D eigenvalue weighted by molar-refractivity contribution is 7.09. The highest BCUT2D eigenvalue weighted by Gasteiger charge is 2.07. The lowest BCUT2D eigenvalue weighted by molar-refractivity contribution is 0.285. The van der Waals surface area contributed by atoms with Gasteiger partial charge in [0.05, 0.1) is 18.5 Å². The number of furan rings is 1. The number of rotatable bonds is 8. The maximum atomic E-state index is 5.34. The van der Waals surface area contributed by atoms with Crippen molar-refractivity contribution in [3.05, 3.63) is 40.2 Å². The Bertz CT molecular complexity index is 467. The zero-order chi connectivity index (χ0) is 13.5. The van der Waals surface area contributed by atoms with Gasteiger partial charge in [-0.05, 0) is 32.1 Å². The van der Waals surface area contributed by atoms with Crippen LogP contribution in [0.25, 0.3) is 0 Å². The molecule has 0 unspecified atom stereocenters. The SMILES string of the molecule is CCCNCc1nc(CN(C)Cc2ccco2)cs1. The van der Waals surface area contributed by atoms with Crippen molar-refractivity contribution >= 4 is 11.3 Å². The molecule has 0 spiro atoms. The molecule has 0 aromatic carbocycles. The average molecular weight is 279 g/mol. The van der Waals surface area contributed by atoms with Crippen molar-refractivity contribution in [2.24, 2.45) is 0 Å². The smallest absolute Gasteiger partial charge is 0.117 e. The molecule has 2 rings (SSSR count). The van der Waals surface area contributed by atoms with Gasteiger partial charge in [0.2, 0.25) is 0 Å². The monoisotopic (exact) mass is 279 g/mol. The van der Waals surface area contributed by atoms with Gasteiger partial charge in [-0.3, -0.25) is 4.90 Å². The molecule has 0 aliphatic rings. The van der Waals surface area contributed by atoms with Crippen LogP contribution >= 0.6 is 11.3 Å². The van der Waals surface area contributed by atoms with Crippen LogP contribution in [-0.4, -0.2) is 23.5 Å². The first-order chi connectivity index (χ1) is 9.28. The highest BCUT2D eigenvalue weighted by Crippen LogP contribution is 2.13. The summed E-state index contributed by atoms with van der Waals surface area (Å²) in [5.41, 5.74) is 1.13. The van der Waals surface area contributed by atoms with E-state index in [0.29, 0.717) is 0 Å². The average Bonchev–Trinajstić information content (AvgIpc) is 3.02. The summed E-state index contributed by atoms with van der Waals surface area (Å²) in [6.07, 6.45) is 2.87. The summed E-state index contributed by atoms with van der Waals surface area (Å²) in [6.45, 7) is 5.76. The van der Waals surface area contributed by atoms with Crippen molar-refractivity contribution in [3.63, 3.8) is 0 Å². The van der Waals surface area contributed by atoms with E-state index in [0.717, 1.165) is 49.1 Å². The van der Waals surface area contributed by atoms with E-state index in [1.165, 1.54) is 0 Å². The third-order valence-corrected chi connectivity index (χ3v) is 3.64. The Hall–Kier alpha value is -1.17. The van der Waals surface area contributed by atoms with Crippen LogP contribution in [0.4, 0.5) is 0 Å². The first-order valence-electron chi connectivity index (χ1n) is 6.63. The second kappa shape index (κ2) is 7.43. The summed E-state index contributed by atoms with van der Waals surface area (Å²) in [5.74, 6) is 0.988. The summed E-state index contributed by atoms with van der Waals surface area (Å²) in [4.78, 5) is 6.84. The van der Waals surface area contributed by atoms with Gasteiger partial charge in [0.1, 0.15) is 10.8 Å². The van der Waals surface area contributed by atoms with Crippen LogP contribution < -0.4 is 5.32 Å². The molecule has 2 heterocycles. The van der Waals surface area contributed by atoms with E-state index < -0.39 is 0 Å². The lowest BCUT2D eigenvalue weighted by Gasteiger charge is -2.13. The Morgan fingerprint density at radius 1 is 1.42 bits per heavy atom. The number of hydrogen-bond acceptors (Lipinski definition) is 5. The zero-order valence-corrected chi connectivity index (χ0v) is 12.4. The Balaban J connectivity index is 1.78. The van der Waals surface area contributed by atoms with Crippen molar-refractivity contribution in [3.8, 4) is 0 Å². The van der Waals surface area contributed by atoms with Gasteiger partial charge in [-0.15, -0.1) is 11.3 Å². The predicted molar refractivity (Wildman–Crippen MR) is 78.0 cm³/mol. The van der Waals surface area contributed by atoms with Gasteiger partial charge in [0, 0.05) is 18.5 Å². The second-order valence-corrected chi connectivity index (χ2v) is 5.60. The summed E-state index contributed by atoms with van der Waals surface area (Å²) in [5, 5.41) is 6.68. The van der Waals surface area contributed by atoms with Gasteiger partial charge < -0.3 is 9.73 Å². The molecule has 0 fully saturated rings. The van der Waals surface area contributed by atoms with Crippen LogP contribution in [0.1, 0.15) is 29.8 Å². The van der Waals surface area contributed by atoms with E-state index in [2.05, 4.69) is 34.6 Å². The van der Waals surface area contributed by atoms with Crippen LogP contribution in [0, 0.1) is 0 Å². The van der Waals surface area contributed by atoms with Crippen LogP contribution in [0.2, 0.25) is 0 Å². The zero-order valence-electron chi connectivity index (χ0n) is 11.6. The first kappa shape index (κ1) is 14.2. The van der Waals surface area contributed by atoms with Crippen molar-refractivity contribution in [2.45, 2.75) is 33.0 Å².